The summed E-state index contributed by atoms with van der Waals surface area (Å²) in [5.41, 5.74) is 5.56. The fourth-order valence-electron chi connectivity index (χ4n) is 2.83. The third-order valence-electron chi connectivity index (χ3n) is 3.95. The first-order valence-electron chi connectivity index (χ1n) is 7.89. The third-order valence-corrected chi connectivity index (χ3v) is 4.17. The second kappa shape index (κ2) is 7.33. The topological polar surface area (TPSA) is 33.1 Å². The summed E-state index contributed by atoms with van der Waals surface area (Å²) in [5.74, 6) is 0.255. The van der Waals surface area contributed by atoms with Crippen molar-refractivity contribution < 1.29 is 5.11 Å². The number of nitrogens with zero attached hydrogens (tertiary/aromatic N) is 1. The van der Waals surface area contributed by atoms with Gasteiger partial charge in [-0.2, -0.15) is 0 Å². The lowest BCUT2D eigenvalue weighted by atomic mass is 9.89. The van der Waals surface area contributed by atoms with E-state index in [1.165, 1.54) is 11.1 Å². The van der Waals surface area contributed by atoms with Crippen molar-refractivity contribution in [1.82, 2.24) is 4.98 Å². The van der Waals surface area contributed by atoms with E-state index in [4.69, 9.17) is 11.6 Å². The first-order chi connectivity index (χ1) is 11.7. The fourth-order valence-corrected chi connectivity index (χ4v) is 2.94. The summed E-state index contributed by atoms with van der Waals surface area (Å²) in [6, 6.07) is 21.4. The van der Waals surface area contributed by atoms with Gasteiger partial charge in [-0.15, -0.1) is 0 Å². The number of phenols is 1. The molecule has 24 heavy (non-hydrogen) atoms. The molecule has 120 valence electrons. The van der Waals surface area contributed by atoms with E-state index in [-0.39, 0.29) is 5.75 Å². The Labute approximate surface area is 147 Å². The van der Waals surface area contributed by atoms with Crippen LogP contribution in [-0.2, 0) is 0 Å². The molecule has 2 aromatic carbocycles. The first kappa shape index (κ1) is 16.3. The molecular formula is C21H18ClNO. The Bertz CT molecular complexity index is 790. The maximum atomic E-state index is 9.61. The van der Waals surface area contributed by atoms with Crippen molar-refractivity contribution in [2.45, 2.75) is 13.3 Å². The van der Waals surface area contributed by atoms with Gasteiger partial charge in [-0.3, -0.25) is 0 Å². The van der Waals surface area contributed by atoms with E-state index < -0.39 is 0 Å². The number of hydrogen-bond donors (Lipinski definition) is 1. The number of phenolic OH excluding ortho intramolecular Hbond substituents is 1. The maximum absolute atomic E-state index is 9.61. The molecule has 1 N–H and O–H groups in total. The summed E-state index contributed by atoms with van der Waals surface area (Å²) >= 11 is 5.95. The monoisotopic (exact) mass is 335 g/mol. The highest BCUT2D eigenvalue weighted by Gasteiger charge is 2.13. The predicted octanol–water partition coefficient (Wildman–Crippen LogP) is 5.81. The number of hydrogen-bond acceptors (Lipinski definition) is 2. The van der Waals surface area contributed by atoms with Crippen LogP contribution >= 0.6 is 11.6 Å². The number of aromatic nitrogens is 1. The molecule has 0 radical (unpaired) electrons. The molecule has 3 rings (SSSR count). The lowest BCUT2D eigenvalue weighted by molar-refractivity contribution is 0.475. The van der Waals surface area contributed by atoms with Gasteiger partial charge in [0.15, 0.2) is 0 Å². The molecule has 2 nitrogen and oxygen atoms in total. The van der Waals surface area contributed by atoms with E-state index in [1.54, 1.807) is 24.4 Å². The SMILES string of the molecule is CCC(=C(c1ccc(O)cc1)c1ccc(Cl)nc1)c1ccccc1. The van der Waals surface area contributed by atoms with Crippen molar-refractivity contribution in [1.29, 1.82) is 0 Å². The molecular weight excluding hydrogens is 318 g/mol. The maximum Gasteiger partial charge on any atom is 0.129 e. The Morgan fingerprint density at radius 1 is 0.875 bits per heavy atom. The number of benzene rings is 2. The van der Waals surface area contributed by atoms with Crippen LogP contribution in [0, 0.1) is 0 Å². The van der Waals surface area contributed by atoms with E-state index in [2.05, 4.69) is 24.0 Å². The highest BCUT2D eigenvalue weighted by Crippen LogP contribution is 2.34. The Morgan fingerprint density at radius 2 is 1.54 bits per heavy atom. The van der Waals surface area contributed by atoms with E-state index in [9.17, 15) is 5.11 Å². The summed E-state index contributed by atoms with van der Waals surface area (Å²) in [6.45, 7) is 2.14. The second-order valence-corrected chi connectivity index (χ2v) is 5.88. The van der Waals surface area contributed by atoms with E-state index in [1.807, 2.05) is 36.4 Å². The van der Waals surface area contributed by atoms with Crippen LogP contribution in [0.2, 0.25) is 5.15 Å². The Morgan fingerprint density at radius 3 is 2.12 bits per heavy atom. The van der Waals surface area contributed by atoms with Crippen LogP contribution in [0.1, 0.15) is 30.0 Å². The molecule has 1 aromatic heterocycles. The summed E-state index contributed by atoms with van der Waals surface area (Å²) in [5, 5.41) is 10.1. The van der Waals surface area contributed by atoms with Gasteiger partial charge in [0, 0.05) is 11.8 Å². The van der Waals surface area contributed by atoms with Crippen molar-refractivity contribution >= 4 is 22.7 Å². The highest BCUT2D eigenvalue weighted by atomic mass is 35.5. The summed E-state index contributed by atoms with van der Waals surface area (Å²) in [4.78, 5) is 4.24. The molecule has 0 spiro atoms. The highest BCUT2D eigenvalue weighted by molar-refractivity contribution is 6.29. The van der Waals surface area contributed by atoms with Gasteiger partial charge in [-0.25, -0.2) is 4.98 Å². The first-order valence-corrected chi connectivity index (χ1v) is 8.26. The van der Waals surface area contributed by atoms with Gasteiger partial charge in [0.25, 0.3) is 0 Å². The van der Waals surface area contributed by atoms with Gasteiger partial charge >= 0.3 is 0 Å². The molecule has 0 aliphatic heterocycles. The Hall–Kier alpha value is -2.58. The van der Waals surface area contributed by atoms with Gasteiger partial charge in [0.1, 0.15) is 10.9 Å². The number of aromatic hydroxyl groups is 1. The zero-order valence-corrected chi connectivity index (χ0v) is 14.2. The molecule has 0 bridgehead atoms. The van der Waals surface area contributed by atoms with Crippen molar-refractivity contribution in [2.75, 3.05) is 0 Å². The largest absolute Gasteiger partial charge is 0.508 e. The lowest BCUT2D eigenvalue weighted by Gasteiger charge is -2.16. The molecule has 0 saturated heterocycles. The lowest BCUT2D eigenvalue weighted by Crippen LogP contribution is -1.95. The van der Waals surface area contributed by atoms with Gasteiger partial charge in [0.05, 0.1) is 0 Å². The van der Waals surface area contributed by atoms with Crippen LogP contribution in [0.5, 0.6) is 5.75 Å². The average Bonchev–Trinajstić information content (AvgIpc) is 2.62. The van der Waals surface area contributed by atoms with Crippen molar-refractivity contribution in [3.8, 4) is 5.75 Å². The smallest absolute Gasteiger partial charge is 0.129 e. The van der Waals surface area contributed by atoms with Gasteiger partial charge in [-0.05, 0) is 53.0 Å². The normalized spacial score (nSPS) is 11.9. The van der Waals surface area contributed by atoms with Gasteiger partial charge < -0.3 is 5.11 Å². The molecule has 0 fully saturated rings. The molecule has 0 atom stereocenters. The summed E-state index contributed by atoms with van der Waals surface area (Å²) in [7, 11) is 0. The zero-order chi connectivity index (χ0) is 16.9. The standard InChI is InChI=1S/C21H18ClNO/c1-2-19(15-6-4-3-5-7-15)21(16-8-11-18(24)12-9-16)17-10-13-20(22)23-14-17/h3-14,24H,2H2,1H3. The third kappa shape index (κ3) is 3.50. The molecule has 3 aromatic rings. The molecule has 0 saturated carbocycles. The number of allylic oxidation sites excluding steroid dienone is 1. The van der Waals surface area contributed by atoms with Crippen LogP contribution < -0.4 is 0 Å². The fraction of sp³-hybridized carbons (Fsp3) is 0.0952. The van der Waals surface area contributed by atoms with Gasteiger partial charge in [0.2, 0.25) is 0 Å². The predicted molar refractivity (Wildman–Crippen MR) is 100 cm³/mol. The van der Waals surface area contributed by atoms with Crippen LogP contribution in [-0.4, -0.2) is 10.1 Å². The van der Waals surface area contributed by atoms with E-state index in [0.29, 0.717) is 5.15 Å². The minimum Gasteiger partial charge on any atom is -0.508 e. The summed E-state index contributed by atoms with van der Waals surface area (Å²) < 4.78 is 0. The molecule has 0 aliphatic rings. The van der Waals surface area contributed by atoms with Crippen LogP contribution in [0.4, 0.5) is 0 Å². The Balaban J connectivity index is 2.26. The van der Waals surface area contributed by atoms with Crippen molar-refractivity contribution in [3.63, 3.8) is 0 Å². The van der Waals surface area contributed by atoms with Crippen LogP contribution in [0.3, 0.4) is 0 Å². The quantitative estimate of drug-likeness (QED) is 0.482. The molecule has 0 amide bonds. The second-order valence-electron chi connectivity index (χ2n) is 5.49. The van der Waals surface area contributed by atoms with E-state index >= 15 is 0 Å². The average molecular weight is 336 g/mol. The minimum absolute atomic E-state index is 0.255. The van der Waals surface area contributed by atoms with Gasteiger partial charge in [-0.1, -0.05) is 61.0 Å². The Kier molecular flexibility index (Phi) is 4.97. The van der Waals surface area contributed by atoms with Crippen LogP contribution in [0.15, 0.2) is 72.9 Å². The number of pyridine rings is 1. The molecule has 1 heterocycles. The molecule has 3 heteroatoms. The van der Waals surface area contributed by atoms with E-state index in [0.717, 1.165) is 23.1 Å². The molecule has 0 unspecified atom stereocenters. The number of halogens is 1. The van der Waals surface area contributed by atoms with Crippen molar-refractivity contribution in [2.24, 2.45) is 0 Å². The van der Waals surface area contributed by atoms with Crippen LogP contribution in [0.25, 0.3) is 11.1 Å². The molecule has 0 aliphatic carbocycles. The zero-order valence-electron chi connectivity index (χ0n) is 13.4. The number of rotatable bonds is 4. The summed E-state index contributed by atoms with van der Waals surface area (Å²) in [6.07, 6.45) is 2.67. The van der Waals surface area contributed by atoms with Crippen molar-refractivity contribution in [3.05, 3.63) is 94.8 Å². The minimum atomic E-state index is 0.255.